The molecule has 1 aliphatic heterocycles. The Morgan fingerprint density at radius 3 is 2.68 bits per heavy atom. The van der Waals surface area contributed by atoms with Crippen molar-refractivity contribution in [3.05, 3.63) is 35.9 Å². The first-order chi connectivity index (χ1) is 9.13. The molecule has 1 heterocycles. The van der Waals surface area contributed by atoms with Gasteiger partial charge in [-0.15, -0.1) is 0 Å². The van der Waals surface area contributed by atoms with Gasteiger partial charge in [0, 0.05) is 12.6 Å². The van der Waals surface area contributed by atoms with Gasteiger partial charge in [-0.05, 0) is 38.3 Å². The highest BCUT2D eigenvalue weighted by Gasteiger charge is 2.30. The number of hydrogen-bond donors (Lipinski definition) is 1. The van der Waals surface area contributed by atoms with Crippen molar-refractivity contribution in [3.8, 4) is 0 Å². The fourth-order valence-electron chi connectivity index (χ4n) is 3.21. The zero-order valence-corrected chi connectivity index (χ0v) is 12.3. The third kappa shape index (κ3) is 3.80. The summed E-state index contributed by atoms with van der Waals surface area (Å²) in [6.45, 7) is 6.08. The predicted molar refractivity (Wildman–Crippen MR) is 80.1 cm³/mol. The molecule has 2 nitrogen and oxygen atoms in total. The molecule has 1 saturated heterocycles. The minimum absolute atomic E-state index is 0.661. The number of nitrogens with zero attached hydrogens (tertiary/aromatic N) is 1. The Morgan fingerprint density at radius 1 is 1.26 bits per heavy atom. The lowest BCUT2D eigenvalue weighted by atomic mass is 9.91. The van der Waals surface area contributed by atoms with Crippen LogP contribution in [0.15, 0.2) is 30.3 Å². The van der Waals surface area contributed by atoms with E-state index in [1.165, 1.54) is 32.1 Å². The number of rotatable bonds is 5. The van der Waals surface area contributed by atoms with Crippen LogP contribution in [0, 0.1) is 0 Å². The van der Waals surface area contributed by atoms with E-state index < -0.39 is 5.60 Å². The molecule has 2 unspecified atom stereocenters. The first-order valence-corrected chi connectivity index (χ1v) is 7.65. The van der Waals surface area contributed by atoms with Crippen molar-refractivity contribution in [3.63, 3.8) is 0 Å². The molecule has 2 heteroatoms. The van der Waals surface area contributed by atoms with E-state index in [0.29, 0.717) is 6.04 Å². The van der Waals surface area contributed by atoms with Crippen LogP contribution in [0.5, 0.6) is 0 Å². The molecule has 0 radical (unpaired) electrons. The second kappa shape index (κ2) is 6.53. The van der Waals surface area contributed by atoms with Crippen LogP contribution in [-0.4, -0.2) is 29.1 Å². The topological polar surface area (TPSA) is 23.5 Å². The molecule has 106 valence electrons. The van der Waals surface area contributed by atoms with Crippen molar-refractivity contribution in [1.82, 2.24) is 4.90 Å². The molecule has 0 aromatic heterocycles. The van der Waals surface area contributed by atoms with Gasteiger partial charge in [0.2, 0.25) is 0 Å². The fourth-order valence-corrected chi connectivity index (χ4v) is 3.21. The summed E-state index contributed by atoms with van der Waals surface area (Å²) in [5.41, 5.74) is 0.278. The molecule has 1 aromatic carbocycles. The molecule has 19 heavy (non-hydrogen) atoms. The van der Waals surface area contributed by atoms with Crippen molar-refractivity contribution < 1.29 is 5.11 Å². The van der Waals surface area contributed by atoms with Gasteiger partial charge in [-0.3, -0.25) is 4.90 Å². The first kappa shape index (κ1) is 14.5. The fraction of sp³-hybridized carbons (Fsp3) is 0.647. The van der Waals surface area contributed by atoms with Gasteiger partial charge in [-0.25, -0.2) is 0 Å². The van der Waals surface area contributed by atoms with Crippen LogP contribution in [0.3, 0.4) is 0 Å². The SMILES string of the molecule is CCCC1CCCCN1CC(C)(O)c1ccccc1. The van der Waals surface area contributed by atoms with Gasteiger partial charge in [-0.1, -0.05) is 50.1 Å². The Kier molecular flexibility index (Phi) is 5.00. The standard InChI is InChI=1S/C17H27NO/c1-3-9-16-12-7-8-13-18(16)14-17(2,19)15-10-5-4-6-11-15/h4-6,10-11,16,19H,3,7-9,12-14H2,1-2H3. The highest BCUT2D eigenvalue weighted by atomic mass is 16.3. The Hall–Kier alpha value is -0.860. The second-order valence-electron chi connectivity index (χ2n) is 6.05. The molecule has 0 amide bonds. The summed E-state index contributed by atoms with van der Waals surface area (Å²) in [5.74, 6) is 0. The summed E-state index contributed by atoms with van der Waals surface area (Å²) in [4.78, 5) is 2.50. The molecular formula is C17H27NO. The predicted octanol–water partition coefficient (Wildman–Crippen LogP) is 3.55. The third-order valence-electron chi connectivity index (χ3n) is 4.28. The van der Waals surface area contributed by atoms with Crippen molar-refractivity contribution >= 4 is 0 Å². The van der Waals surface area contributed by atoms with E-state index in [2.05, 4.69) is 11.8 Å². The molecule has 1 fully saturated rings. The minimum atomic E-state index is -0.745. The number of piperidine rings is 1. The molecule has 2 rings (SSSR count). The van der Waals surface area contributed by atoms with Crippen LogP contribution < -0.4 is 0 Å². The lowest BCUT2D eigenvalue weighted by Gasteiger charge is -2.40. The summed E-state index contributed by atoms with van der Waals surface area (Å²) in [6.07, 6.45) is 6.39. The van der Waals surface area contributed by atoms with Crippen LogP contribution >= 0.6 is 0 Å². The van der Waals surface area contributed by atoms with Crippen molar-refractivity contribution in [2.24, 2.45) is 0 Å². The molecule has 0 saturated carbocycles. The Morgan fingerprint density at radius 2 is 2.00 bits per heavy atom. The van der Waals surface area contributed by atoms with E-state index in [9.17, 15) is 5.11 Å². The number of β-amino-alcohol motifs (C(OH)–C–C–N with tert-alkyl or cyclic N) is 1. The highest BCUT2D eigenvalue weighted by Crippen LogP contribution is 2.27. The number of likely N-dealkylation sites (tertiary alicyclic amines) is 1. The average Bonchev–Trinajstić information content (AvgIpc) is 2.42. The van der Waals surface area contributed by atoms with E-state index in [1.807, 2.05) is 37.3 Å². The van der Waals surface area contributed by atoms with Crippen LogP contribution in [0.2, 0.25) is 0 Å². The monoisotopic (exact) mass is 261 g/mol. The van der Waals surface area contributed by atoms with Gasteiger partial charge in [0.25, 0.3) is 0 Å². The van der Waals surface area contributed by atoms with Gasteiger partial charge >= 0.3 is 0 Å². The lowest BCUT2D eigenvalue weighted by molar-refractivity contribution is -0.00891. The van der Waals surface area contributed by atoms with Gasteiger partial charge in [-0.2, -0.15) is 0 Å². The molecular weight excluding hydrogens is 234 g/mol. The summed E-state index contributed by atoms with van der Waals surface area (Å²) in [5, 5.41) is 10.8. The molecule has 0 bridgehead atoms. The van der Waals surface area contributed by atoms with Crippen molar-refractivity contribution in [1.29, 1.82) is 0 Å². The largest absolute Gasteiger partial charge is 0.384 e. The number of hydrogen-bond acceptors (Lipinski definition) is 2. The molecule has 1 aromatic rings. The number of benzene rings is 1. The van der Waals surface area contributed by atoms with E-state index in [4.69, 9.17) is 0 Å². The minimum Gasteiger partial charge on any atom is -0.384 e. The van der Waals surface area contributed by atoms with Crippen LogP contribution in [0.4, 0.5) is 0 Å². The van der Waals surface area contributed by atoms with Gasteiger partial charge in [0.15, 0.2) is 0 Å². The van der Waals surface area contributed by atoms with Crippen molar-refractivity contribution in [2.45, 2.75) is 57.6 Å². The Bertz CT molecular complexity index is 372. The van der Waals surface area contributed by atoms with E-state index >= 15 is 0 Å². The van der Waals surface area contributed by atoms with Crippen molar-refractivity contribution in [2.75, 3.05) is 13.1 Å². The maximum atomic E-state index is 10.8. The molecule has 2 atom stereocenters. The third-order valence-corrected chi connectivity index (χ3v) is 4.28. The van der Waals surface area contributed by atoms with Gasteiger partial charge in [0.05, 0.1) is 5.60 Å². The van der Waals surface area contributed by atoms with Crippen LogP contribution in [0.25, 0.3) is 0 Å². The van der Waals surface area contributed by atoms with E-state index in [1.54, 1.807) is 0 Å². The number of aliphatic hydroxyl groups is 1. The molecule has 0 aliphatic carbocycles. The zero-order valence-electron chi connectivity index (χ0n) is 12.3. The van der Waals surface area contributed by atoms with Crippen LogP contribution in [0.1, 0.15) is 51.5 Å². The second-order valence-corrected chi connectivity index (χ2v) is 6.05. The van der Waals surface area contributed by atoms with Gasteiger partial charge in [0.1, 0.15) is 0 Å². The molecule has 0 spiro atoms. The molecule has 1 N–H and O–H groups in total. The Labute approximate surface area is 117 Å². The highest BCUT2D eigenvalue weighted by molar-refractivity contribution is 5.21. The summed E-state index contributed by atoms with van der Waals surface area (Å²) >= 11 is 0. The maximum Gasteiger partial charge on any atom is 0.0994 e. The quantitative estimate of drug-likeness (QED) is 0.876. The normalized spacial score (nSPS) is 24.1. The summed E-state index contributed by atoms with van der Waals surface area (Å²) in [7, 11) is 0. The first-order valence-electron chi connectivity index (χ1n) is 7.65. The summed E-state index contributed by atoms with van der Waals surface area (Å²) < 4.78 is 0. The lowest BCUT2D eigenvalue weighted by Crippen LogP contribution is -2.46. The Balaban J connectivity index is 2.05. The smallest absolute Gasteiger partial charge is 0.0994 e. The maximum absolute atomic E-state index is 10.8. The zero-order chi connectivity index (χ0) is 13.7. The van der Waals surface area contributed by atoms with Crippen LogP contribution in [-0.2, 0) is 5.60 Å². The average molecular weight is 261 g/mol. The molecule has 1 aliphatic rings. The van der Waals surface area contributed by atoms with E-state index in [0.717, 1.165) is 18.7 Å². The van der Waals surface area contributed by atoms with E-state index in [-0.39, 0.29) is 0 Å². The summed E-state index contributed by atoms with van der Waals surface area (Å²) in [6, 6.07) is 10.7. The van der Waals surface area contributed by atoms with Gasteiger partial charge < -0.3 is 5.11 Å².